The van der Waals surface area contributed by atoms with E-state index in [2.05, 4.69) is 42.6 Å². The molecule has 0 aliphatic heterocycles. The molecule has 0 saturated heterocycles. The van der Waals surface area contributed by atoms with Gasteiger partial charge in [0.1, 0.15) is 0 Å². The first kappa shape index (κ1) is 13.5. The Labute approximate surface area is 105 Å². The maximum Gasteiger partial charge on any atom is 0.0294 e. The predicted molar refractivity (Wildman–Crippen MR) is 72.1 cm³/mol. The average Bonchev–Trinajstić information content (AvgIpc) is 2.31. The number of rotatable bonds is 3. The third kappa shape index (κ3) is 3.80. The summed E-state index contributed by atoms with van der Waals surface area (Å²) in [5.74, 6) is 0. The Balaban J connectivity index is 0.00000128. The van der Waals surface area contributed by atoms with E-state index in [9.17, 15) is 0 Å². The molecule has 1 aliphatic rings. The maximum absolute atomic E-state index is 3.74. The van der Waals surface area contributed by atoms with Crippen LogP contribution in [0, 0.1) is 0 Å². The number of benzene rings is 1. The van der Waals surface area contributed by atoms with Crippen LogP contribution in [0.15, 0.2) is 30.3 Å². The summed E-state index contributed by atoms with van der Waals surface area (Å²) in [7, 11) is 0. The van der Waals surface area contributed by atoms with E-state index in [0.29, 0.717) is 6.04 Å². The minimum absolute atomic E-state index is 0. The first-order valence-corrected chi connectivity index (χ1v) is 6.17. The van der Waals surface area contributed by atoms with Gasteiger partial charge in [-0.15, -0.1) is 12.4 Å². The van der Waals surface area contributed by atoms with Crippen molar-refractivity contribution in [1.29, 1.82) is 0 Å². The molecule has 0 heterocycles. The molecule has 1 aliphatic carbocycles. The van der Waals surface area contributed by atoms with Crippen LogP contribution in [0.3, 0.4) is 0 Å². The van der Waals surface area contributed by atoms with Crippen molar-refractivity contribution in [1.82, 2.24) is 5.32 Å². The van der Waals surface area contributed by atoms with Crippen molar-refractivity contribution in [2.45, 2.75) is 51.1 Å². The highest BCUT2D eigenvalue weighted by atomic mass is 35.5. The van der Waals surface area contributed by atoms with E-state index in [1.807, 2.05) is 0 Å². The van der Waals surface area contributed by atoms with Gasteiger partial charge in [0.25, 0.3) is 0 Å². The standard InChI is InChI=1S/C14H21N.ClH/c1-12(13-8-4-2-5-9-13)15-14-10-6-3-7-11-14;/h2,4-5,8-9,12,14-15H,3,6-7,10-11H2,1H3;1H. The van der Waals surface area contributed by atoms with Crippen molar-refractivity contribution in [3.63, 3.8) is 0 Å². The summed E-state index contributed by atoms with van der Waals surface area (Å²) in [6.45, 7) is 2.27. The fraction of sp³-hybridized carbons (Fsp3) is 0.571. The van der Waals surface area contributed by atoms with Crippen molar-refractivity contribution >= 4 is 12.4 Å². The Morgan fingerprint density at radius 3 is 2.31 bits per heavy atom. The molecule has 0 spiro atoms. The molecule has 0 radical (unpaired) electrons. The van der Waals surface area contributed by atoms with Crippen molar-refractivity contribution in [3.8, 4) is 0 Å². The van der Waals surface area contributed by atoms with Crippen LogP contribution in [0.4, 0.5) is 0 Å². The van der Waals surface area contributed by atoms with Gasteiger partial charge in [-0.05, 0) is 25.3 Å². The molecule has 0 bridgehead atoms. The summed E-state index contributed by atoms with van der Waals surface area (Å²) in [5.41, 5.74) is 1.41. The maximum atomic E-state index is 3.74. The normalized spacial score (nSPS) is 18.8. The molecule has 1 nitrogen and oxygen atoms in total. The van der Waals surface area contributed by atoms with Crippen LogP contribution in [-0.4, -0.2) is 6.04 Å². The minimum atomic E-state index is 0. The third-order valence-electron chi connectivity index (χ3n) is 3.39. The second-order valence-electron chi connectivity index (χ2n) is 4.63. The van der Waals surface area contributed by atoms with Crippen molar-refractivity contribution in [3.05, 3.63) is 35.9 Å². The zero-order valence-electron chi connectivity index (χ0n) is 9.99. The molecule has 1 aromatic carbocycles. The minimum Gasteiger partial charge on any atom is -0.307 e. The average molecular weight is 240 g/mol. The van der Waals surface area contributed by atoms with Gasteiger partial charge < -0.3 is 5.32 Å². The van der Waals surface area contributed by atoms with Crippen molar-refractivity contribution in [2.75, 3.05) is 0 Å². The molecule has 90 valence electrons. The Morgan fingerprint density at radius 1 is 1.06 bits per heavy atom. The molecule has 1 fully saturated rings. The van der Waals surface area contributed by atoms with E-state index in [0.717, 1.165) is 6.04 Å². The lowest BCUT2D eigenvalue weighted by molar-refractivity contribution is 0.347. The van der Waals surface area contributed by atoms with Crippen LogP contribution < -0.4 is 5.32 Å². The van der Waals surface area contributed by atoms with Gasteiger partial charge in [-0.3, -0.25) is 0 Å². The van der Waals surface area contributed by atoms with E-state index in [4.69, 9.17) is 0 Å². The van der Waals surface area contributed by atoms with Crippen LogP contribution >= 0.6 is 12.4 Å². The van der Waals surface area contributed by atoms with E-state index in [1.54, 1.807) is 0 Å². The number of nitrogens with one attached hydrogen (secondary N) is 1. The molecule has 2 rings (SSSR count). The largest absolute Gasteiger partial charge is 0.307 e. The molecule has 0 aromatic heterocycles. The van der Waals surface area contributed by atoms with Gasteiger partial charge in [-0.25, -0.2) is 0 Å². The molecule has 0 amide bonds. The zero-order chi connectivity index (χ0) is 10.5. The summed E-state index contributed by atoms with van der Waals surface area (Å²) in [6, 6.07) is 12.0. The fourth-order valence-electron chi connectivity index (χ4n) is 2.46. The Hall–Kier alpha value is -0.530. The summed E-state index contributed by atoms with van der Waals surface area (Å²) < 4.78 is 0. The number of hydrogen-bond acceptors (Lipinski definition) is 1. The molecule has 2 heteroatoms. The molecule has 1 saturated carbocycles. The Bertz CT molecular complexity index is 280. The van der Waals surface area contributed by atoms with Crippen molar-refractivity contribution < 1.29 is 0 Å². The first-order chi connectivity index (χ1) is 7.36. The highest BCUT2D eigenvalue weighted by Crippen LogP contribution is 2.21. The topological polar surface area (TPSA) is 12.0 Å². The van der Waals surface area contributed by atoms with E-state index in [1.165, 1.54) is 37.7 Å². The van der Waals surface area contributed by atoms with Crippen LogP contribution in [0.25, 0.3) is 0 Å². The second kappa shape index (κ2) is 6.93. The van der Waals surface area contributed by atoms with Gasteiger partial charge in [0.05, 0.1) is 0 Å². The summed E-state index contributed by atoms with van der Waals surface area (Å²) in [5, 5.41) is 3.74. The molecule has 16 heavy (non-hydrogen) atoms. The second-order valence-corrected chi connectivity index (χ2v) is 4.63. The van der Waals surface area contributed by atoms with E-state index >= 15 is 0 Å². The SMILES string of the molecule is CC(NC1CCCCC1)c1ccccc1.Cl. The lowest BCUT2D eigenvalue weighted by atomic mass is 9.94. The third-order valence-corrected chi connectivity index (χ3v) is 3.39. The zero-order valence-corrected chi connectivity index (χ0v) is 10.8. The fourth-order valence-corrected chi connectivity index (χ4v) is 2.46. The molecular formula is C14H22ClN. The van der Waals surface area contributed by atoms with Gasteiger partial charge in [0.15, 0.2) is 0 Å². The van der Waals surface area contributed by atoms with Gasteiger partial charge in [0.2, 0.25) is 0 Å². The summed E-state index contributed by atoms with van der Waals surface area (Å²) >= 11 is 0. The lowest BCUT2D eigenvalue weighted by Crippen LogP contribution is -2.33. The summed E-state index contributed by atoms with van der Waals surface area (Å²) in [4.78, 5) is 0. The predicted octanol–water partition coefficient (Wildman–Crippen LogP) is 4.09. The van der Waals surface area contributed by atoms with Gasteiger partial charge >= 0.3 is 0 Å². The highest BCUT2D eigenvalue weighted by molar-refractivity contribution is 5.85. The first-order valence-electron chi connectivity index (χ1n) is 6.17. The molecule has 1 atom stereocenters. The smallest absolute Gasteiger partial charge is 0.0294 e. The molecular weight excluding hydrogens is 218 g/mol. The molecule has 1 N–H and O–H groups in total. The van der Waals surface area contributed by atoms with E-state index in [-0.39, 0.29) is 12.4 Å². The van der Waals surface area contributed by atoms with E-state index < -0.39 is 0 Å². The van der Waals surface area contributed by atoms with Crippen LogP contribution in [0.2, 0.25) is 0 Å². The summed E-state index contributed by atoms with van der Waals surface area (Å²) in [6.07, 6.45) is 6.95. The van der Waals surface area contributed by atoms with Crippen LogP contribution in [-0.2, 0) is 0 Å². The quantitative estimate of drug-likeness (QED) is 0.838. The monoisotopic (exact) mass is 239 g/mol. The van der Waals surface area contributed by atoms with Gasteiger partial charge in [0, 0.05) is 12.1 Å². The molecule has 1 aromatic rings. The van der Waals surface area contributed by atoms with Crippen LogP contribution in [0.5, 0.6) is 0 Å². The van der Waals surface area contributed by atoms with Gasteiger partial charge in [-0.2, -0.15) is 0 Å². The Kier molecular flexibility index (Phi) is 5.86. The number of hydrogen-bond donors (Lipinski definition) is 1. The lowest BCUT2D eigenvalue weighted by Gasteiger charge is -2.26. The number of halogens is 1. The van der Waals surface area contributed by atoms with Crippen LogP contribution in [0.1, 0.15) is 50.6 Å². The van der Waals surface area contributed by atoms with Crippen molar-refractivity contribution in [2.24, 2.45) is 0 Å². The molecule has 1 unspecified atom stereocenters. The highest BCUT2D eigenvalue weighted by Gasteiger charge is 2.15. The Morgan fingerprint density at radius 2 is 1.69 bits per heavy atom. The van der Waals surface area contributed by atoms with Gasteiger partial charge in [-0.1, -0.05) is 49.6 Å².